The Balaban J connectivity index is 1.89. The minimum Gasteiger partial charge on any atom is -0.506 e. The summed E-state index contributed by atoms with van der Waals surface area (Å²) in [5, 5.41) is 12.4. The summed E-state index contributed by atoms with van der Waals surface area (Å²) in [4.78, 5) is 38.5. The molecule has 2 aromatic heterocycles. The van der Waals surface area contributed by atoms with E-state index < -0.39 is 17.5 Å². The first-order valence-corrected chi connectivity index (χ1v) is 11.4. The van der Waals surface area contributed by atoms with Crippen LogP contribution < -0.4 is 11.2 Å². The molecule has 1 unspecified atom stereocenters. The van der Waals surface area contributed by atoms with Gasteiger partial charge in [-0.25, -0.2) is 4.79 Å². The zero-order chi connectivity index (χ0) is 24.1. The maximum Gasteiger partial charge on any atom is 0.336 e. The van der Waals surface area contributed by atoms with E-state index in [-0.39, 0.29) is 33.9 Å². The third-order valence-electron chi connectivity index (χ3n) is 6.58. The van der Waals surface area contributed by atoms with Crippen molar-refractivity contribution in [1.82, 2.24) is 4.57 Å². The number of hydrogen-bond acceptors (Lipinski definition) is 6. The van der Waals surface area contributed by atoms with Gasteiger partial charge in [0.05, 0.1) is 24.1 Å². The van der Waals surface area contributed by atoms with Gasteiger partial charge in [-0.15, -0.1) is 0 Å². The number of benzene rings is 2. The Kier molecular flexibility index (Phi) is 5.44. The number of nitrogens with zero attached hydrogens (tertiary/aromatic N) is 1. The molecule has 0 fully saturated rings. The first-order chi connectivity index (χ1) is 16.3. The van der Waals surface area contributed by atoms with Crippen LogP contribution in [0.5, 0.6) is 5.75 Å². The highest BCUT2D eigenvalue weighted by atomic mass is 35.5. The monoisotopic (exact) mass is 479 g/mol. The van der Waals surface area contributed by atoms with Crippen LogP contribution in [0, 0.1) is 6.92 Å². The van der Waals surface area contributed by atoms with Crippen molar-refractivity contribution in [3.8, 4) is 5.75 Å². The molecule has 0 radical (unpaired) electrons. The first-order valence-electron chi connectivity index (χ1n) is 11.0. The number of fused-ring (bicyclic) bond motifs is 1. The fourth-order valence-electron chi connectivity index (χ4n) is 5.01. The summed E-state index contributed by atoms with van der Waals surface area (Å²) in [5.74, 6) is -1.88. The molecule has 3 heterocycles. The van der Waals surface area contributed by atoms with E-state index >= 15 is 0 Å². The Morgan fingerprint density at radius 1 is 1.26 bits per heavy atom. The van der Waals surface area contributed by atoms with E-state index in [0.29, 0.717) is 23.1 Å². The molecule has 1 aliphatic heterocycles. The van der Waals surface area contributed by atoms with E-state index in [0.717, 1.165) is 29.3 Å². The van der Waals surface area contributed by atoms with Gasteiger partial charge in [-0.1, -0.05) is 29.8 Å². The van der Waals surface area contributed by atoms with Gasteiger partial charge in [0.25, 0.3) is 5.56 Å². The molecular formula is C26H22ClNO6. The average Bonchev–Trinajstić information content (AvgIpc) is 2.82. The number of phenols is 1. The maximum atomic E-state index is 13.8. The van der Waals surface area contributed by atoms with Crippen LogP contribution in [0.1, 0.15) is 41.0 Å². The highest BCUT2D eigenvalue weighted by Crippen LogP contribution is 2.43. The molecule has 1 N–H and O–H groups in total. The smallest absolute Gasteiger partial charge is 0.336 e. The van der Waals surface area contributed by atoms with Gasteiger partial charge in [0.15, 0.2) is 0 Å². The van der Waals surface area contributed by atoms with Crippen molar-refractivity contribution in [2.75, 3.05) is 7.11 Å². The second kappa shape index (κ2) is 8.33. The molecule has 0 amide bonds. The van der Waals surface area contributed by atoms with E-state index in [1.165, 1.54) is 19.2 Å². The van der Waals surface area contributed by atoms with Crippen molar-refractivity contribution in [3.05, 3.63) is 84.4 Å². The molecule has 0 spiro atoms. The molecule has 2 aromatic carbocycles. The zero-order valence-electron chi connectivity index (χ0n) is 18.7. The minimum atomic E-state index is -0.954. The molecule has 1 aliphatic rings. The molecule has 0 saturated heterocycles. The number of aromatic hydroxyl groups is 1. The summed E-state index contributed by atoms with van der Waals surface area (Å²) in [6.07, 6.45) is 1.44. The Hall–Kier alpha value is -3.58. The van der Waals surface area contributed by atoms with E-state index in [4.69, 9.17) is 20.8 Å². The van der Waals surface area contributed by atoms with E-state index in [2.05, 4.69) is 0 Å². The number of ether oxygens (including phenoxy) is 1. The number of para-hydroxylation sites is 1. The molecule has 0 aliphatic carbocycles. The normalized spacial score (nSPS) is 13.9. The number of esters is 1. The SMILES string of the molecule is COC(=O)CC(c1cc2cccc3c2n(c1=O)CCC3)c1c(O)c(Cl)cc2c(C)cc(=O)oc12. The Morgan fingerprint density at radius 3 is 2.82 bits per heavy atom. The van der Waals surface area contributed by atoms with Gasteiger partial charge in [-0.2, -0.15) is 0 Å². The van der Waals surface area contributed by atoms with Crippen LogP contribution in [0.4, 0.5) is 0 Å². The summed E-state index contributed by atoms with van der Waals surface area (Å²) in [7, 11) is 1.25. The summed E-state index contributed by atoms with van der Waals surface area (Å²) in [5.41, 5.74) is 2.19. The average molecular weight is 480 g/mol. The molecule has 7 nitrogen and oxygen atoms in total. The lowest BCUT2D eigenvalue weighted by Crippen LogP contribution is -2.30. The summed E-state index contributed by atoms with van der Waals surface area (Å²) in [6, 6.07) is 10.4. The number of carbonyl (C=O) groups is 1. The molecule has 1 atom stereocenters. The quantitative estimate of drug-likeness (QED) is 0.343. The maximum absolute atomic E-state index is 13.8. The number of carbonyl (C=O) groups excluding carboxylic acids is 1. The minimum absolute atomic E-state index is 0.0267. The van der Waals surface area contributed by atoms with Crippen LogP contribution in [0.2, 0.25) is 5.02 Å². The summed E-state index contributed by atoms with van der Waals surface area (Å²) < 4.78 is 12.1. The van der Waals surface area contributed by atoms with E-state index in [1.54, 1.807) is 17.6 Å². The van der Waals surface area contributed by atoms with Gasteiger partial charge >= 0.3 is 11.6 Å². The number of hydrogen-bond donors (Lipinski definition) is 1. The van der Waals surface area contributed by atoms with Crippen LogP contribution >= 0.6 is 11.6 Å². The third-order valence-corrected chi connectivity index (χ3v) is 6.87. The largest absolute Gasteiger partial charge is 0.506 e. The van der Waals surface area contributed by atoms with Crippen molar-refractivity contribution in [1.29, 1.82) is 0 Å². The Labute approximate surface area is 199 Å². The van der Waals surface area contributed by atoms with Crippen molar-refractivity contribution in [2.45, 2.75) is 38.6 Å². The van der Waals surface area contributed by atoms with Crippen molar-refractivity contribution >= 4 is 39.4 Å². The number of aromatic nitrogens is 1. The summed E-state index contributed by atoms with van der Waals surface area (Å²) >= 11 is 6.36. The van der Waals surface area contributed by atoms with Gasteiger partial charge in [0, 0.05) is 35.0 Å². The standard InChI is InChI=1S/C26H22ClNO6/c1-13-9-21(30)34-25-16(13)11-19(27)24(31)22(25)17(12-20(29)33-2)18-10-15-6-3-5-14-7-4-8-28(23(14)15)26(18)32/h3,5-6,9-11,17,31H,4,7-8,12H2,1-2H3. The fourth-order valence-corrected chi connectivity index (χ4v) is 5.22. The molecular weight excluding hydrogens is 458 g/mol. The van der Waals surface area contributed by atoms with Crippen LogP contribution in [-0.2, 0) is 22.5 Å². The van der Waals surface area contributed by atoms with Crippen LogP contribution in [-0.4, -0.2) is 22.8 Å². The number of phenolic OH excluding ortho intramolecular Hbond substituents is 1. The molecule has 34 heavy (non-hydrogen) atoms. The predicted molar refractivity (Wildman–Crippen MR) is 129 cm³/mol. The first kappa shape index (κ1) is 22.2. The second-order valence-corrected chi connectivity index (χ2v) is 9.00. The van der Waals surface area contributed by atoms with Crippen molar-refractivity contribution < 1.29 is 19.1 Å². The highest BCUT2D eigenvalue weighted by Gasteiger charge is 2.31. The van der Waals surface area contributed by atoms with Crippen molar-refractivity contribution in [2.24, 2.45) is 0 Å². The number of aryl methyl sites for hydroxylation is 3. The second-order valence-electron chi connectivity index (χ2n) is 8.59. The lowest BCUT2D eigenvalue weighted by Gasteiger charge is -2.24. The van der Waals surface area contributed by atoms with Gasteiger partial charge in [-0.3, -0.25) is 9.59 Å². The van der Waals surface area contributed by atoms with Gasteiger partial charge in [0.2, 0.25) is 0 Å². The molecule has 4 aromatic rings. The molecule has 0 saturated carbocycles. The zero-order valence-corrected chi connectivity index (χ0v) is 19.4. The lowest BCUT2D eigenvalue weighted by molar-refractivity contribution is -0.140. The lowest BCUT2D eigenvalue weighted by atomic mass is 9.85. The highest BCUT2D eigenvalue weighted by molar-refractivity contribution is 6.33. The molecule has 8 heteroatoms. The number of halogens is 1. The Bertz CT molecular complexity index is 1600. The van der Waals surface area contributed by atoms with Crippen LogP contribution in [0.3, 0.4) is 0 Å². The van der Waals surface area contributed by atoms with Gasteiger partial charge in [-0.05, 0) is 48.4 Å². The molecule has 174 valence electrons. The van der Waals surface area contributed by atoms with E-state index in [9.17, 15) is 19.5 Å². The van der Waals surface area contributed by atoms with Gasteiger partial charge < -0.3 is 18.8 Å². The van der Waals surface area contributed by atoms with Gasteiger partial charge in [0.1, 0.15) is 11.3 Å². The fraction of sp³-hybridized carbons (Fsp3) is 0.269. The number of rotatable bonds is 4. The van der Waals surface area contributed by atoms with Crippen LogP contribution in [0.15, 0.2) is 50.4 Å². The molecule has 0 bridgehead atoms. The number of methoxy groups -OCH3 is 1. The predicted octanol–water partition coefficient (Wildman–Crippen LogP) is 4.42. The topological polar surface area (TPSA) is 98.7 Å². The van der Waals surface area contributed by atoms with E-state index in [1.807, 2.05) is 18.2 Å². The van der Waals surface area contributed by atoms with Crippen LogP contribution in [0.25, 0.3) is 21.9 Å². The number of pyridine rings is 1. The third kappa shape index (κ3) is 3.47. The Morgan fingerprint density at radius 2 is 2.06 bits per heavy atom. The van der Waals surface area contributed by atoms with Crippen molar-refractivity contribution in [3.63, 3.8) is 0 Å². The molecule has 5 rings (SSSR count). The summed E-state index contributed by atoms with van der Waals surface area (Å²) in [6.45, 7) is 2.27.